The van der Waals surface area contributed by atoms with E-state index in [0.717, 1.165) is 23.0 Å². The van der Waals surface area contributed by atoms with E-state index in [9.17, 15) is 9.59 Å². The highest BCUT2D eigenvalue weighted by Crippen LogP contribution is 2.18. The summed E-state index contributed by atoms with van der Waals surface area (Å²) in [4.78, 5) is 27.0. The van der Waals surface area contributed by atoms with Gasteiger partial charge in [0.2, 0.25) is 5.91 Å². The van der Waals surface area contributed by atoms with E-state index in [0.29, 0.717) is 23.2 Å². The van der Waals surface area contributed by atoms with E-state index >= 15 is 0 Å². The standard InChI is InChI=1S/C21H22N4O2S/c1-14(2)16-8-10-17(11-9-16)22-19(26)13-28-21-23-20(27)18(24-25-21)12-15-6-4-3-5-7-15/h3-11,14H,12-13H2,1-2H3,(H,22,26)(H,23,25,27). The van der Waals surface area contributed by atoms with Gasteiger partial charge in [-0.15, -0.1) is 10.2 Å². The fourth-order valence-corrected chi connectivity index (χ4v) is 3.20. The van der Waals surface area contributed by atoms with Gasteiger partial charge in [0.1, 0.15) is 5.69 Å². The van der Waals surface area contributed by atoms with Gasteiger partial charge in [-0.3, -0.25) is 14.6 Å². The van der Waals surface area contributed by atoms with Gasteiger partial charge < -0.3 is 5.32 Å². The molecule has 7 heteroatoms. The predicted molar refractivity (Wildman–Crippen MR) is 112 cm³/mol. The van der Waals surface area contributed by atoms with E-state index in [-0.39, 0.29) is 17.2 Å². The number of hydrogen-bond donors (Lipinski definition) is 2. The molecule has 0 aliphatic heterocycles. The van der Waals surface area contributed by atoms with Crippen LogP contribution in [-0.4, -0.2) is 26.8 Å². The van der Waals surface area contributed by atoms with E-state index < -0.39 is 0 Å². The maximum atomic E-state index is 12.2. The van der Waals surface area contributed by atoms with E-state index in [2.05, 4.69) is 34.3 Å². The molecule has 0 spiro atoms. The first-order valence-corrected chi connectivity index (χ1v) is 10.0. The number of thioether (sulfide) groups is 1. The zero-order valence-electron chi connectivity index (χ0n) is 15.8. The van der Waals surface area contributed by atoms with E-state index in [1.54, 1.807) is 0 Å². The van der Waals surface area contributed by atoms with Crippen LogP contribution < -0.4 is 10.9 Å². The molecule has 144 valence electrons. The molecule has 0 bridgehead atoms. The molecular weight excluding hydrogens is 372 g/mol. The monoisotopic (exact) mass is 394 g/mol. The van der Waals surface area contributed by atoms with Crippen molar-refractivity contribution in [1.82, 2.24) is 15.2 Å². The van der Waals surface area contributed by atoms with Crippen LogP contribution in [0.1, 0.15) is 36.6 Å². The van der Waals surface area contributed by atoms with Gasteiger partial charge in [-0.2, -0.15) is 0 Å². The minimum Gasteiger partial charge on any atom is -0.325 e. The molecule has 3 aromatic rings. The zero-order valence-corrected chi connectivity index (χ0v) is 16.6. The zero-order chi connectivity index (χ0) is 19.9. The second-order valence-electron chi connectivity index (χ2n) is 6.68. The van der Waals surface area contributed by atoms with Crippen molar-refractivity contribution in [3.63, 3.8) is 0 Å². The lowest BCUT2D eigenvalue weighted by Crippen LogP contribution is -2.19. The molecule has 1 aromatic heterocycles. The normalized spacial score (nSPS) is 10.8. The largest absolute Gasteiger partial charge is 0.325 e. The van der Waals surface area contributed by atoms with Crippen LogP contribution >= 0.6 is 11.8 Å². The molecule has 1 amide bonds. The van der Waals surface area contributed by atoms with E-state index in [1.165, 1.54) is 5.56 Å². The maximum Gasteiger partial charge on any atom is 0.273 e. The smallest absolute Gasteiger partial charge is 0.273 e. The van der Waals surface area contributed by atoms with Crippen molar-refractivity contribution in [3.8, 4) is 0 Å². The molecule has 0 atom stereocenters. The Morgan fingerprint density at radius 1 is 1.07 bits per heavy atom. The minimum atomic E-state index is -0.286. The average Bonchev–Trinajstić information content (AvgIpc) is 2.69. The first-order valence-electron chi connectivity index (χ1n) is 9.03. The van der Waals surface area contributed by atoms with Crippen molar-refractivity contribution >= 4 is 23.4 Å². The van der Waals surface area contributed by atoms with Gasteiger partial charge in [-0.25, -0.2) is 0 Å². The summed E-state index contributed by atoms with van der Waals surface area (Å²) >= 11 is 1.14. The van der Waals surface area contributed by atoms with Gasteiger partial charge in [0.15, 0.2) is 5.16 Å². The molecule has 0 radical (unpaired) electrons. The van der Waals surface area contributed by atoms with Crippen LogP contribution in [0, 0.1) is 0 Å². The molecule has 28 heavy (non-hydrogen) atoms. The topological polar surface area (TPSA) is 87.7 Å². The Bertz CT molecular complexity index is 985. The number of nitrogens with one attached hydrogen (secondary N) is 2. The number of benzene rings is 2. The van der Waals surface area contributed by atoms with Gasteiger partial charge in [0.05, 0.1) is 5.75 Å². The molecule has 2 N–H and O–H groups in total. The molecule has 0 fully saturated rings. The molecule has 0 aliphatic rings. The van der Waals surface area contributed by atoms with Crippen LogP contribution in [0.4, 0.5) is 5.69 Å². The van der Waals surface area contributed by atoms with Crippen molar-refractivity contribution in [2.75, 3.05) is 11.1 Å². The molecule has 6 nitrogen and oxygen atoms in total. The Morgan fingerprint density at radius 2 is 1.79 bits per heavy atom. The minimum absolute atomic E-state index is 0.134. The Hall–Kier alpha value is -2.93. The third kappa shape index (κ3) is 5.53. The Morgan fingerprint density at radius 3 is 2.43 bits per heavy atom. The molecule has 1 heterocycles. The summed E-state index contributed by atoms with van der Waals surface area (Å²) < 4.78 is 0. The fraction of sp³-hybridized carbons (Fsp3) is 0.238. The summed E-state index contributed by atoms with van der Waals surface area (Å²) in [5.74, 6) is 0.410. The van der Waals surface area contributed by atoms with Gasteiger partial charge in [0.25, 0.3) is 5.56 Å². The summed E-state index contributed by atoms with van der Waals surface area (Å²) in [5.41, 5.74) is 3.02. The average molecular weight is 395 g/mol. The van der Waals surface area contributed by atoms with E-state index in [1.807, 2.05) is 54.6 Å². The van der Waals surface area contributed by atoms with Gasteiger partial charge in [0, 0.05) is 12.1 Å². The van der Waals surface area contributed by atoms with Crippen LogP contribution in [0.15, 0.2) is 64.5 Å². The first-order chi connectivity index (χ1) is 13.5. The SMILES string of the molecule is CC(C)c1ccc(NC(=O)CSc2nnc(Cc3ccccc3)c(=O)[nH]2)cc1. The lowest BCUT2D eigenvalue weighted by molar-refractivity contribution is -0.113. The number of hydrogen-bond acceptors (Lipinski definition) is 5. The first kappa shape index (κ1) is 19.8. The van der Waals surface area contributed by atoms with Crippen molar-refractivity contribution in [3.05, 3.63) is 81.8 Å². The van der Waals surface area contributed by atoms with Crippen LogP contribution in [0.2, 0.25) is 0 Å². The van der Waals surface area contributed by atoms with Gasteiger partial charge in [-0.1, -0.05) is 68.1 Å². The van der Waals surface area contributed by atoms with Crippen LogP contribution in [0.25, 0.3) is 0 Å². The highest BCUT2D eigenvalue weighted by molar-refractivity contribution is 7.99. The van der Waals surface area contributed by atoms with E-state index in [4.69, 9.17) is 0 Å². The molecule has 3 rings (SSSR count). The second kappa shape index (κ2) is 9.32. The fourth-order valence-electron chi connectivity index (χ4n) is 2.60. The number of carbonyl (C=O) groups is 1. The highest BCUT2D eigenvalue weighted by atomic mass is 32.2. The number of aromatic nitrogens is 3. The number of amides is 1. The predicted octanol–water partition coefficient (Wildman–Crippen LogP) is 3.61. The van der Waals surface area contributed by atoms with Crippen LogP contribution in [0.3, 0.4) is 0 Å². The number of rotatable bonds is 7. The number of anilines is 1. The summed E-state index contributed by atoms with van der Waals surface area (Å²) in [5, 5.41) is 11.2. The lowest BCUT2D eigenvalue weighted by Gasteiger charge is -2.08. The number of aromatic amines is 1. The number of nitrogens with zero attached hydrogens (tertiary/aromatic N) is 2. The van der Waals surface area contributed by atoms with Crippen molar-refractivity contribution in [1.29, 1.82) is 0 Å². The summed E-state index contributed by atoms with van der Waals surface area (Å²) in [7, 11) is 0. The van der Waals surface area contributed by atoms with Gasteiger partial charge in [-0.05, 0) is 29.2 Å². The molecular formula is C21H22N4O2S. The van der Waals surface area contributed by atoms with Crippen LogP contribution in [0.5, 0.6) is 0 Å². The summed E-state index contributed by atoms with van der Waals surface area (Å²) in [6.07, 6.45) is 0.418. The Labute approximate surface area is 167 Å². The Kier molecular flexibility index (Phi) is 6.60. The molecule has 0 unspecified atom stereocenters. The van der Waals surface area contributed by atoms with Gasteiger partial charge >= 0.3 is 0 Å². The van der Waals surface area contributed by atoms with Crippen molar-refractivity contribution in [2.24, 2.45) is 0 Å². The second-order valence-corrected chi connectivity index (χ2v) is 7.65. The maximum absolute atomic E-state index is 12.2. The summed E-state index contributed by atoms with van der Waals surface area (Å²) in [6.45, 7) is 4.24. The molecule has 0 saturated carbocycles. The Balaban J connectivity index is 1.54. The van der Waals surface area contributed by atoms with Crippen molar-refractivity contribution in [2.45, 2.75) is 31.3 Å². The highest BCUT2D eigenvalue weighted by Gasteiger charge is 2.09. The summed E-state index contributed by atoms with van der Waals surface area (Å²) in [6, 6.07) is 17.4. The van der Waals surface area contributed by atoms with Crippen LogP contribution in [-0.2, 0) is 11.2 Å². The van der Waals surface area contributed by atoms with Crippen molar-refractivity contribution < 1.29 is 4.79 Å². The third-order valence-electron chi connectivity index (χ3n) is 4.16. The lowest BCUT2D eigenvalue weighted by atomic mass is 10.0. The number of carbonyl (C=O) groups excluding carboxylic acids is 1. The molecule has 2 aromatic carbocycles. The molecule has 0 saturated heterocycles. The molecule has 0 aliphatic carbocycles. The third-order valence-corrected chi connectivity index (χ3v) is 5.02. The quantitative estimate of drug-likeness (QED) is 0.598. The number of H-pyrrole nitrogens is 1.